The first-order valence-corrected chi connectivity index (χ1v) is 9.63. The van der Waals surface area contributed by atoms with Crippen LogP contribution >= 0.6 is 11.8 Å². The van der Waals surface area contributed by atoms with E-state index in [0.717, 1.165) is 17.9 Å². The Morgan fingerprint density at radius 1 is 0.947 bits per heavy atom. The zero-order chi connectivity index (χ0) is 13.7. The maximum Gasteiger partial charge on any atom is 0.0225 e. The molecule has 0 saturated heterocycles. The molecular weight excluding hydrogens is 250 g/mol. The molecule has 0 aliphatic heterocycles. The highest BCUT2D eigenvalue weighted by molar-refractivity contribution is 7.99. The molecule has 1 N–H and O–H groups in total. The van der Waals surface area contributed by atoms with Gasteiger partial charge < -0.3 is 5.32 Å². The van der Waals surface area contributed by atoms with E-state index in [2.05, 4.69) is 25.4 Å². The molecule has 2 saturated carbocycles. The summed E-state index contributed by atoms with van der Waals surface area (Å²) in [5.41, 5.74) is 0. The predicted molar refractivity (Wildman–Crippen MR) is 87.9 cm³/mol. The third-order valence-corrected chi connectivity index (χ3v) is 6.67. The van der Waals surface area contributed by atoms with Crippen molar-refractivity contribution in [2.24, 2.45) is 11.8 Å². The van der Waals surface area contributed by atoms with Gasteiger partial charge in [-0.05, 0) is 44.8 Å². The lowest BCUT2D eigenvalue weighted by Crippen LogP contribution is -2.46. The number of hydrogen-bond acceptors (Lipinski definition) is 2. The third-order valence-electron chi connectivity index (χ3n) is 5.42. The number of rotatable bonds is 5. The van der Waals surface area contributed by atoms with Crippen LogP contribution in [0.5, 0.6) is 0 Å². The summed E-state index contributed by atoms with van der Waals surface area (Å²) in [7, 11) is 0. The van der Waals surface area contributed by atoms with Crippen molar-refractivity contribution in [3.63, 3.8) is 0 Å². The lowest BCUT2D eigenvalue weighted by Gasteiger charge is -2.40. The van der Waals surface area contributed by atoms with Crippen LogP contribution in [0.1, 0.15) is 71.6 Å². The van der Waals surface area contributed by atoms with Crippen LogP contribution in [0.4, 0.5) is 0 Å². The van der Waals surface area contributed by atoms with Crippen LogP contribution in [-0.2, 0) is 0 Å². The summed E-state index contributed by atoms with van der Waals surface area (Å²) < 4.78 is 0.383. The first kappa shape index (κ1) is 15.7. The zero-order valence-corrected chi connectivity index (χ0v) is 14.0. The van der Waals surface area contributed by atoms with Crippen LogP contribution in [0.15, 0.2) is 0 Å². The van der Waals surface area contributed by atoms with Gasteiger partial charge in [0.25, 0.3) is 0 Å². The molecule has 112 valence electrons. The van der Waals surface area contributed by atoms with E-state index < -0.39 is 0 Å². The fraction of sp³-hybridized carbons (Fsp3) is 1.00. The molecule has 0 spiro atoms. The zero-order valence-electron chi connectivity index (χ0n) is 13.2. The van der Waals surface area contributed by atoms with Crippen molar-refractivity contribution < 1.29 is 0 Å². The number of thioether (sulfide) groups is 1. The van der Waals surface area contributed by atoms with Gasteiger partial charge in [-0.2, -0.15) is 11.8 Å². The maximum absolute atomic E-state index is 3.94. The normalized spacial score (nSPS) is 30.5. The van der Waals surface area contributed by atoms with E-state index in [1.54, 1.807) is 0 Å². The lowest BCUT2D eigenvalue weighted by molar-refractivity contribution is 0.149. The molecule has 19 heavy (non-hydrogen) atoms. The molecule has 2 heteroatoms. The predicted octanol–water partition coefficient (Wildman–Crippen LogP) is 4.86. The molecule has 0 aromatic carbocycles. The van der Waals surface area contributed by atoms with Gasteiger partial charge in [0.2, 0.25) is 0 Å². The largest absolute Gasteiger partial charge is 0.312 e. The summed E-state index contributed by atoms with van der Waals surface area (Å²) in [6.07, 6.45) is 15.6. The second-order valence-electron chi connectivity index (χ2n) is 7.30. The lowest BCUT2D eigenvalue weighted by atomic mass is 9.71. The topological polar surface area (TPSA) is 12.0 Å². The SMILES string of the molecule is CSC(C)(C)CNC1CCCCC1C1CCCCC1. The smallest absolute Gasteiger partial charge is 0.0225 e. The second kappa shape index (κ2) is 7.36. The number of hydrogen-bond donors (Lipinski definition) is 1. The van der Waals surface area contributed by atoms with E-state index in [-0.39, 0.29) is 0 Å². The highest BCUT2D eigenvalue weighted by Gasteiger charge is 2.33. The molecule has 2 aliphatic rings. The van der Waals surface area contributed by atoms with E-state index in [1.807, 2.05) is 11.8 Å². The summed E-state index contributed by atoms with van der Waals surface area (Å²) >= 11 is 1.99. The monoisotopic (exact) mass is 283 g/mol. The third kappa shape index (κ3) is 4.67. The standard InChI is InChI=1S/C17H33NS/c1-17(2,19-3)13-18-16-12-8-7-11-15(16)14-9-5-4-6-10-14/h14-16,18H,4-13H2,1-3H3. The molecule has 2 atom stereocenters. The van der Waals surface area contributed by atoms with Gasteiger partial charge >= 0.3 is 0 Å². The van der Waals surface area contributed by atoms with Crippen molar-refractivity contribution in [2.45, 2.75) is 82.4 Å². The highest BCUT2D eigenvalue weighted by Crippen LogP contribution is 2.38. The van der Waals surface area contributed by atoms with Crippen molar-refractivity contribution in [1.82, 2.24) is 5.32 Å². The van der Waals surface area contributed by atoms with Gasteiger partial charge in [0.1, 0.15) is 0 Å². The van der Waals surface area contributed by atoms with Crippen molar-refractivity contribution >= 4 is 11.8 Å². The van der Waals surface area contributed by atoms with Crippen LogP contribution < -0.4 is 5.32 Å². The van der Waals surface area contributed by atoms with Gasteiger partial charge in [-0.3, -0.25) is 0 Å². The fourth-order valence-corrected chi connectivity index (χ4v) is 4.22. The highest BCUT2D eigenvalue weighted by atomic mass is 32.2. The molecule has 2 unspecified atom stereocenters. The molecule has 0 heterocycles. The van der Waals surface area contributed by atoms with Crippen LogP contribution in [0.3, 0.4) is 0 Å². The summed E-state index contributed by atoms with van der Waals surface area (Å²) in [5.74, 6) is 2.01. The Hall–Kier alpha value is 0.310. The minimum Gasteiger partial charge on any atom is -0.312 e. The minimum atomic E-state index is 0.383. The average Bonchev–Trinajstić information content (AvgIpc) is 2.46. The van der Waals surface area contributed by atoms with Crippen molar-refractivity contribution in [3.05, 3.63) is 0 Å². The first-order chi connectivity index (χ1) is 9.12. The van der Waals surface area contributed by atoms with E-state index in [9.17, 15) is 0 Å². The fourth-order valence-electron chi connectivity index (χ4n) is 3.99. The quantitative estimate of drug-likeness (QED) is 0.773. The van der Waals surface area contributed by atoms with Crippen molar-refractivity contribution in [3.8, 4) is 0 Å². The van der Waals surface area contributed by atoms with Crippen molar-refractivity contribution in [1.29, 1.82) is 0 Å². The van der Waals surface area contributed by atoms with Gasteiger partial charge in [0.05, 0.1) is 0 Å². The number of nitrogens with one attached hydrogen (secondary N) is 1. The summed E-state index contributed by atoms with van der Waals surface area (Å²) in [4.78, 5) is 0. The Morgan fingerprint density at radius 2 is 1.58 bits per heavy atom. The minimum absolute atomic E-state index is 0.383. The van der Waals surface area contributed by atoms with Gasteiger partial charge in [0, 0.05) is 17.3 Å². The molecule has 0 aromatic rings. The van der Waals surface area contributed by atoms with Crippen molar-refractivity contribution in [2.75, 3.05) is 12.8 Å². The van der Waals surface area contributed by atoms with Crippen LogP contribution in [-0.4, -0.2) is 23.6 Å². The molecule has 0 amide bonds. The van der Waals surface area contributed by atoms with Gasteiger partial charge in [-0.25, -0.2) is 0 Å². The summed E-state index contributed by atoms with van der Waals surface area (Å²) in [6.45, 7) is 5.90. The molecular formula is C17H33NS. The Labute approximate surface area is 124 Å². The van der Waals surface area contributed by atoms with Gasteiger partial charge in [-0.1, -0.05) is 44.9 Å². The van der Waals surface area contributed by atoms with Gasteiger partial charge in [-0.15, -0.1) is 0 Å². The van der Waals surface area contributed by atoms with Crippen LogP contribution in [0.25, 0.3) is 0 Å². The van der Waals surface area contributed by atoms with E-state index in [0.29, 0.717) is 4.75 Å². The first-order valence-electron chi connectivity index (χ1n) is 8.41. The molecule has 0 radical (unpaired) electrons. The summed E-state index contributed by atoms with van der Waals surface area (Å²) in [6, 6.07) is 0.809. The molecule has 0 aromatic heterocycles. The van der Waals surface area contributed by atoms with E-state index in [1.165, 1.54) is 64.3 Å². The van der Waals surface area contributed by atoms with Gasteiger partial charge in [0.15, 0.2) is 0 Å². The Balaban J connectivity index is 1.88. The van der Waals surface area contributed by atoms with E-state index in [4.69, 9.17) is 0 Å². The maximum atomic E-state index is 3.94. The van der Waals surface area contributed by atoms with Crippen LogP contribution in [0, 0.1) is 11.8 Å². The van der Waals surface area contributed by atoms with E-state index >= 15 is 0 Å². The average molecular weight is 284 g/mol. The molecule has 2 fully saturated rings. The Bertz CT molecular complexity index is 258. The second-order valence-corrected chi connectivity index (χ2v) is 8.81. The molecule has 2 rings (SSSR count). The molecule has 2 aliphatic carbocycles. The molecule has 0 bridgehead atoms. The Kier molecular flexibility index (Phi) is 6.08. The van der Waals surface area contributed by atoms with Crippen LogP contribution in [0.2, 0.25) is 0 Å². The molecule has 1 nitrogen and oxygen atoms in total. The Morgan fingerprint density at radius 3 is 2.26 bits per heavy atom. The summed E-state index contributed by atoms with van der Waals surface area (Å²) in [5, 5.41) is 3.94.